The van der Waals surface area contributed by atoms with Gasteiger partial charge in [-0.25, -0.2) is 17.9 Å². The number of carbonyl (C=O) groups excluding carboxylic acids is 1. The molecule has 146 valence electrons. The molecular formula is C21H21FN2O3S. The Kier molecular flexibility index (Phi) is 5.23. The van der Waals surface area contributed by atoms with Gasteiger partial charge in [-0.05, 0) is 43.2 Å². The number of aryl methyl sites for hydroxylation is 2. The van der Waals surface area contributed by atoms with Crippen molar-refractivity contribution < 1.29 is 17.6 Å². The van der Waals surface area contributed by atoms with E-state index in [2.05, 4.69) is 0 Å². The van der Waals surface area contributed by atoms with Crippen LogP contribution >= 0.6 is 0 Å². The second kappa shape index (κ2) is 7.33. The summed E-state index contributed by atoms with van der Waals surface area (Å²) in [4.78, 5) is 12.6. The number of hydrogen-bond donors (Lipinski definition) is 1. The van der Waals surface area contributed by atoms with Crippen LogP contribution in [0.1, 0.15) is 38.4 Å². The predicted molar refractivity (Wildman–Crippen MR) is 105 cm³/mol. The van der Waals surface area contributed by atoms with Crippen LogP contribution in [0.3, 0.4) is 0 Å². The standard InChI is InChI=1S/C21H21FN2O3S/c1-13-4-6-15(7-5-13)21(25)20-14(2)10-17(24(20)3)11-16-8-9-18(12-19(16)22)28(23,26)27/h4-10,12H,11H2,1-3H3,(H2,23,26,27). The van der Waals surface area contributed by atoms with Crippen molar-refractivity contribution in [3.8, 4) is 0 Å². The van der Waals surface area contributed by atoms with Crippen LogP contribution in [0.25, 0.3) is 0 Å². The first kappa shape index (κ1) is 20.0. The van der Waals surface area contributed by atoms with Crippen molar-refractivity contribution in [1.82, 2.24) is 4.57 Å². The minimum atomic E-state index is -3.96. The van der Waals surface area contributed by atoms with E-state index in [0.29, 0.717) is 16.8 Å². The van der Waals surface area contributed by atoms with Crippen molar-refractivity contribution in [1.29, 1.82) is 0 Å². The molecule has 7 heteroatoms. The Morgan fingerprint density at radius 2 is 1.71 bits per heavy atom. The second-order valence-electron chi connectivity index (χ2n) is 6.90. The minimum Gasteiger partial charge on any atom is -0.344 e. The summed E-state index contributed by atoms with van der Waals surface area (Å²) < 4.78 is 38.8. The number of primary sulfonamides is 1. The molecule has 0 spiro atoms. The van der Waals surface area contributed by atoms with E-state index in [1.165, 1.54) is 12.1 Å². The Balaban J connectivity index is 1.94. The van der Waals surface area contributed by atoms with Crippen LogP contribution in [0.4, 0.5) is 4.39 Å². The smallest absolute Gasteiger partial charge is 0.238 e. The molecule has 0 saturated heterocycles. The number of nitrogens with two attached hydrogens (primary N) is 1. The van der Waals surface area contributed by atoms with Gasteiger partial charge >= 0.3 is 0 Å². The van der Waals surface area contributed by atoms with E-state index in [0.717, 1.165) is 22.9 Å². The SMILES string of the molecule is Cc1ccc(C(=O)c2c(C)cc(Cc3ccc(S(N)(=O)=O)cc3F)n2C)cc1. The molecule has 2 aromatic carbocycles. The number of halogens is 1. The first-order valence-corrected chi connectivity index (χ1v) is 10.2. The maximum Gasteiger partial charge on any atom is 0.238 e. The van der Waals surface area contributed by atoms with E-state index in [4.69, 9.17) is 5.14 Å². The van der Waals surface area contributed by atoms with Gasteiger partial charge < -0.3 is 4.57 Å². The van der Waals surface area contributed by atoms with Crippen molar-refractivity contribution in [2.75, 3.05) is 0 Å². The molecule has 0 bridgehead atoms. The number of carbonyl (C=O) groups is 1. The highest BCUT2D eigenvalue weighted by Crippen LogP contribution is 2.23. The zero-order chi connectivity index (χ0) is 20.6. The van der Waals surface area contributed by atoms with Gasteiger partial charge in [0.15, 0.2) is 0 Å². The lowest BCUT2D eigenvalue weighted by Crippen LogP contribution is -2.13. The lowest BCUT2D eigenvalue weighted by molar-refractivity contribution is 0.103. The molecule has 3 aromatic rings. The number of sulfonamides is 1. The molecule has 1 aromatic heterocycles. The number of rotatable bonds is 5. The first-order chi connectivity index (χ1) is 13.1. The summed E-state index contributed by atoms with van der Waals surface area (Å²) in [6.07, 6.45) is 0.218. The van der Waals surface area contributed by atoms with Gasteiger partial charge in [-0.1, -0.05) is 35.9 Å². The number of aromatic nitrogens is 1. The van der Waals surface area contributed by atoms with Crippen LogP contribution in [0, 0.1) is 19.7 Å². The van der Waals surface area contributed by atoms with E-state index in [9.17, 15) is 17.6 Å². The van der Waals surface area contributed by atoms with Crippen LogP contribution in [0.5, 0.6) is 0 Å². The third kappa shape index (κ3) is 3.90. The topological polar surface area (TPSA) is 82.2 Å². The lowest BCUT2D eigenvalue weighted by atomic mass is 10.0. The fourth-order valence-corrected chi connectivity index (χ4v) is 3.73. The Morgan fingerprint density at radius 1 is 1.07 bits per heavy atom. The summed E-state index contributed by atoms with van der Waals surface area (Å²) in [5.74, 6) is -0.756. The fraction of sp³-hybridized carbons (Fsp3) is 0.190. The molecule has 0 radical (unpaired) electrons. The third-order valence-electron chi connectivity index (χ3n) is 4.78. The van der Waals surface area contributed by atoms with E-state index in [1.807, 2.05) is 32.0 Å². The molecule has 1 heterocycles. The zero-order valence-electron chi connectivity index (χ0n) is 15.9. The summed E-state index contributed by atoms with van der Waals surface area (Å²) in [6, 6.07) is 12.8. The summed E-state index contributed by atoms with van der Waals surface area (Å²) in [6.45, 7) is 3.79. The third-order valence-corrected chi connectivity index (χ3v) is 5.69. The molecule has 0 aliphatic heterocycles. The largest absolute Gasteiger partial charge is 0.344 e. The Hall–Kier alpha value is -2.77. The molecular weight excluding hydrogens is 379 g/mol. The molecule has 3 rings (SSSR count). The minimum absolute atomic E-state index is 0.101. The number of nitrogens with zero attached hydrogens (tertiary/aromatic N) is 1. The molecule has 0 atom stereocenters. The average Bonchev–Trinajstić information content (AvgIpc) is 2.89. The summed E-state index contributed by atoms with van der Waals surface area (Å²) in [7, 11) is -2.20. The summed E-state index contributed by atoms with van der Waals surface area (Å²) in [5, 5.41) is 5.04. The first-order valence-electron chi connectivity index (χ1n) is 8.65. The monoisotopic (exact) mass is 400 g/mol. The summed E-state index contributed by atoms with van der Waals surface area (Å²) >= 11 is 0. The second-order valence-corrected chi connectivity index (χ2v) is 8.46. The number of hydrogen-bond acceptors (Lipinski definition) is 3. The van der Waals surface area contributed by atoms with Gasteiger partial charge in [0.25, 0.3) is 0 Å². The van der Waals surface area contributed by atoms with Crippen molar-refractivity contribution in [3.05, 3.63) is 88.0 Å². The van der Waals surface area contributed by atoms with Gasteiger partial charge in [-0.2, -0.15) is 0 Å². The van der Waals surface area contributed by atoms with Crippen LogP contribution in [-0.4, -0.2) is 18.8 Å². The predicted octanol–water partition coefficient (Wildman–Crippen LogP) is 3.25. The molecule has 0 amide bonds. The van der Waals surface area contributed by atoms with Gasteiger partial charge in [-0.3, -0.25) is 4.79 Å². The highest BCUT2D eigenvalue weighted by molar-refractivity contribution is 7.89. The van der Waals surface area contributed by atoms with E-state index in [-0.39, 0.29) is 17.1 Å². The van der Waals surface area contributed by atoms with E-state index >= 15 is 0 Å². The van der Waals surface area contributed by atoms with Gasteiger partial charge in [0.2, 0.25) is 15.8 Å². The van der Waals surface area contributed by atoms with Gasteiger partial charge in [-0.15, -0.1) is 0 Å². The highest BCUT2D eigenvalue weighted by atomic mass is 32.2. The summed E-state index contributed by atoms with van der Waals surface area (Å²) in [5.41, 5.74) is 4.06. The van der Waals surface area contributed by atoms with Crippen LogP contribution in [-0.2, 0) is 23.5 Å². The van der Waals surface area contributed by atoms with Gasteiger partial charge in [0.05, 0.1) is 10.6 Å². The normalized spacial score (nSPS) is 11.6. The van der Waals surface area contributed by atoms with Crippen LogP contribution in [0.2, 0.25) is 0 Å². The van der Waals surface area contributed by atoms with E-state index < -0.39 is 15.8 Å². The van der Waals surface area contributed by atoms with Gasteiger partial charge in [0, 0.05) is 24.7 Å². The zero-order valence-corrected chi connectivity index (χ0v) is 16.7. The van der Waals surface area contributed by atoms with Crippen molar-refractivity contribution in [3.63, 3.8) is 0 Å². The maximum atomic E-state index is 14.4. The molecule has 0 aliphatic carbocycles. The Labute approximate surface area is 163 Å². The Morgan fingerprint density at radius 3 is 2.29 bits per heavy atom. The Bertz CT molecular complexity index is 1160. The molecule has 0 fully saturated rings. The molecule has 5 nitrogen and oxygen atoms in total. The van der Waals surface area contributed by atoms with E-state index in [1.54, 1.807) is 23.7 Å². The number of benzene rings is 2. The van der Waals surface area contributed by atoms with Crippen LogP contribution in [0.15, 0.2) is 53.4 Å². The van der Waals surface area contributed by atoms with Crippen molar-refractivity contribution in [2.45, 2.75) is 25.2 Å². The molecule has 0 unspecified atom stereocenters. The molecule has 2 N–H and O–H groups in total. The maximum absolute atomic E-state index is 14.4. The molecule has 0 aliphatic rings. The fourth-order valence-electron chi connectivity index (χ4n) is 3.21. The number of ketones is 1. The molecule has 28 heavy (non-hydrogen) atoms. The van der Waals surface area contributed by atoms with Gasteiger partial charge in [0.1, 0.15) is 5.82 Å². The highest BCUT2D eigenvalue weighted by Gasteiger charge is 2.20. The van der Waals surface area contributed by atoms with Crippen LogP contribution < -0.4 is 5.14 Å². The van der Waals surface area contributed by atoms with Crippen molar-refractivity contribution >= 4 is 15.8 Å². The quantitative estimate of drug-likeness (QED) is 0.668. The average molecular weight is 400 g/mol. The lowest BCUT2D eigenvalue weighted by Gasteiger charge is -2.10. The van der Waals surface area contributed by atoms with Crippen molar-refractivity contribution in [2.24, 2.45) is 12.2 Å². The molecule has 0 saturated carbocycles.